The zero-order valence-corrected chi connectivity index (χ0v) is 9.69. The molecule has 2 rings (SSSR count). The van der Waals surface area contributed by atoms with E-state index < -0.39 is 10.7 Å². The molecule has 0 radical (unpaired) electrons. The van der Waals surface area contributed by atoms with Gasteiger partial charge in [-0.25, -0.2) is 9.37 Å². The summed E-state index contributed by atoms with van der Waals surface area (Å²) in [7, 11) is 0. The number of benzene rings is 1. The minimum atomic E-state index is -0.542. The molecule has 5 nitrogen and oxygen atoms in total. The van der Waals surface area contributed by atoms with E-state index in [0.29, 0.717) is 10.7 Å². The molecule has 1 N–H and O–H groups in total. The van der Waals surface area contributed by atoms with Crippen molar-refractivity contribution in [3.05, 3.63) is 57.5 Å². The summed E-state index contributed by atoms with van der Waals surface area (Å²) in [5.74, 6) is -0.246. The van der Waals surface area contributed by atoms with E-state index in [1.807, 2.05) is 0 Å². The Hall–Kier alpha value is -2.21. The van der Waals surface area contributed by atoms with Crippen LogP contribution >= 0.6 is 11.6 Å². The predicted octanol–water partition coefficient (Wildman–Crippen LogP) is 3.53. The molecule has 0 amide bonds. The Morgan fingerprint density at radius 3 is 2.83 bits per heavy atom. The fourth-order valence-electron chi connectivity index (χ4n) is 1.33. The third kappa shape index (κ3) is 2.72. The summed E-state index contributed by atoms with van der Waals surface area (Å²) in [6, 6.07) is 6.29. The number of halogens is 2. The van der Waals surface area contributed by atoms with Gasteiger partial charge in [0.25, 0.3) is 5.69 Å². The Labute approximate surface area is 106 Å². The molecule has 1 aromatic heterocycles. The average Bonchev–Trinajstić information content (AvgIpc) is 2.34. The Morgan fingerprint density at radius 2 is 2.11 bits per heavy atom. The first kappa shape index (κ1) is 12.3. The van der Waals surface area contributed by atoms with Gasteiger partial charge in [-0.15, -0.1) is 0 Å². The van der Waals surface area contributed by atoms with Gasteiger partial charge in [-0.3, -0.25) is 10.1 Å². The highest BCUT2D eigenvalue weighted by molar-refractivity contribution is 6.33. The number of rotatable bonds is 3. The van der Waals surface area contributed by atoms with Crippen LogP contribution in [0.4, 0.5) is 21.6 Å². The number of nitro groups is 1. The van der Waals surface area contributed by atoms with E-state index in [9.17, 15) is 14.5 Å². The fourth-order valence-corrected chi connectivity index (χ4v) is 1.50. The van der Waals surface area contributed by atoms with Crippen molar-refractivity contribution in [3.63, 3.8) is 0 Å². The van der Waals surface area contributed by atoms with Gasteiger partial charge in [0.05, 0.1) is 21.7 Å². The molecule has 0 aliphatic carbocycles. The molecule has 0 atom stereocenters. The minimum Gasteiger partial charge on any atom is -0.339 e. The van der Waals surface area contributed by atoms with Gasteiger partial charge in [-0.2, -0.15) is 0 Å². The minimum absolute atomic E-state index is 0.111. The number of hydrogen-bond acceptors (Lipinski definition) is 4. The van der Waals surface area contributed by atoms with Crippen LogP contribution in [0.2, 0.25) is 5.02 Å². The monoisotopic (exact) mass is 267 g/mol. The molecule has 0 bridgehead atoms. The first-order valence-corrected chi connectivity index (χ1v) is 5.26. The van der Waals surface area contributed by atoms with Gasteiger partial charge in [0.2, 0.25) is 0 Å². The normalized spacial score (nSPS) is 10.1. The molecule has 0 aliphatic rings. The standard InChI is InChI=1S/C11H7ClFN3O2/c12-9-2-1-7(13)5-10(9)15-11-6-8(16(17)18)3-4-14-11/h1-6H,(H,14,15). The molecule has 0 spiro atoms. The number of hydrogen-bond donors (Lipinski definition) is 1. The van der Waals surface area contributed by atoms with Crippen molar-refractivity contribution < 1.29 is 9.31 Å². The summed E-state index contributed by atoms with van der Waals surface area (Å²) in [5.41, 5.74) is 0.185. The van der Waals surface area contributed by atoms with Gasteiger partial charge in [-0.05, 0) is 18.2 Å². The molecule has 0 aliphatic heterocycles. The van der Waals surface area contributed by atoms with Crippen molar-refractivity contribution >= 4 is 28.8 Å². The maximum absolute atomic E-state index is 13.0. The van der Waals surface area contributed by atoms with E-state index >= 15 is 0 Å². The van der Waals surface area contributed by atoms with Crippen molar-refractivity contribution in [1.29, 1.82) is 0 Å². The van der Waals surface area contributed by atoms with Crippen LogP contribution in [-0.2, 0) is 0 Å². The van der Waals surface area contributed by atoms with E-state index in [0.717, 1.165) is 0 Å². The molecule has 0 saturated carbocycles. The molecule has 1 aromatic carbocycles. The lowest BCUT2D eigenvalue weighted by Crippen LogP contribution is -1.96. The van der Waals surface area contributed by atoms with E-state index in [4.69, 9.17) is 11.6 Å². The number of anilines is 2. The van der Waals surface area contributed by atoms with Crippen LogP contribution in [0, 0.1) is 15.9 Å². The Bertz CT molecular complexity index is 607. The topological polar surface area (TPSA) is 68.1 Å². The third-order valence-electron chi connectivity index (χ3n) is 2.15. The highest BCUT2D eigenvalue weighted by Gasteiger charge is 2.08. The van der Waals surface area contributed by atoms with Gasteiger partial charge in [0.15, 0.2) is 0 Å². The van der Waals surface area contributed by atoms with Crippen molar-refractivity contribution in [2.24, 2.45) is 0 Å². The lowest BCUT2D eigenvalue weighted by atomic mass is 10.3. The first-order chi connectivity index (χ1) is 8.56. The molecule has 7 heteroatoms. The fraction of sp³-hybridized carbons (Fsp3) is 0. The highest BCUT2D eigenvalue weighted by Crippen LogP contribution is 2.26. The van der Waals surface area contributed by atoms with Crippen molar-refractivity contribution in [2.45, 2.75) is 0 Å². The lowest BCUT2D eigenvalue weighted by molar-refractivity contribution is -0.384. The summed E-state index contributed by atoms with van der Waals surface area (Å²) in [6.07, 6.45) is 1.29. The Balaban J connectivity index is 2.31. The van der Waals surface area contributed by atoms with Crippen molar-refractivity contribution in [2.75, 3.05) is 5.32 Å². The molecule has 1 heterocycles. The summed E-state index contributed by atoms with van der Waals surface area (Å²) in [5, 5.41) is 13.6. The molecule has 2 aromatic rings. The highest BCUT2D eigenvalue weighted by atomic mass is 35.5. The smallest absolute Gasteiger partial charge is 0.274 e. The molecule has 0 fully saturated rings. The van der Waals surface area contributed by atoms with Crippen LogP contribution in [0.15, 0.2) is 36.5 Å². The van der Waals surface area contributed by atoms with Crippen LogP contribution in [-0.4, -0.2) is 9.91 Å². The Morgan fingerprint density at radius 1 is 1.33 bits per heavy atom. The largest absolute Gasteiger partial charge is 0.339 e. The number of pyridine rings is 1. The summed E-state index contributed by atoms with van der Waals surface area (Å²) in [6.45, 7) is 0. The zero-order valence-electron chi connectivity index (χ0n) is 8.93. The molecule has 92 valence electrons. The molecular weight excluding hydrogens is 261 g/mol. The molecule has 18 heavy (non-hydrogen) atoms. The summed E-state index contributed by atoms with van der Waals surface area (Å²) < 4.78 is 13.0. The van der Waals surface area contributed by atoms with Crippen LogP contribution in [0.25, 0.3) is 0 Å². The Kier molecular flexibility index (Phi) is 3.38. The van der Waals surface area contributed by atoms with E-state index in [2.05, 4.69) is 10.3 Å². The second-order valence-corrected chi connectivity index (χ2v) is 3.81. The van der Waals surface area contributed by atoms with E-state index in [1.54, 1.807) is 0 Å². The van der Waals surface area contributed by atoms with Crippen LogP contribution in [0.3, 0.4) is 0 Å². The second-order valence-electron chi connectivity index (χ2n) is 3.41. The van der Waals surface area contributed by atoms with Crippen molar-refractivity contribution in [3.8, 4) is 0 Å². The maximum atomic E-state index is 13.0. The predicted molar refractivity (Wildman–Crippen MR) is 65.6 cm³/mol. The first-order valence-electron chi connectivity index (χ1n) is 4.89. The maximum Gasteiger partial charge on any atom is 0.274 e. The molecular formula is C11H7ClFN3O2. The quantitative estimate of drug-likeness (QED) is 0.682. The van der Waals surface area contributed by atoms with Gasteiger partial charge in [0.1, 0.15) is 11.6 Å². The third-order valence-corrected chi connectivity index (χ3v) is 2.48. The van der Waals surface area contributed by atoms with Gasteiger partial charge in [0, 0.05) is 12.3 Å². The number of nitrogens with zero attached hydrogens (tertiary/aromatic N) is 2. The summed E-state index contributed by atoms with van der Waals surface area (Å²) >= 11 is 5.86. The van der Waals surface area contributed by atoms with Gasteiger partial charge in [-0.1, -0.05) is 11.6 Å². The zero-order chi connectivity index (χ0) is 13.1. The van der Waals surface area contributed by atoms with E-state index in [1.165, 1.54) is 36.5 Å². The van der Waals surface area contributed by atoms with E-state index in [-0.39, 0.29) is 11.5 Å². The number of nitrogens with one attached hydrogen (secondary N) is 1. The van der Waals surface area contributed by atoms with Crippen LogP contribution in [0.1, 0.15) is 0 Å². The van der Waals surface area contributed by atoms with Crippen LogP contribution < -0.4 is 5.32 Å². The average molecular weight is 268 g/mol. The van der Waals surface area contributed by atoms with Crippen LogP contribution in [0.5, 0.6) is 0 Å². The second kappa shape index (κ2) is 4.97. The molecule has 0 saturated heterocycles. The number of aromatic nitrogens is 1. The summed E-state index contributed by atoms with van der Waals surface area (Å²) in [4.78, 5) is 13.9. The van der Waals surface area contributed by atoms with Gasteiger partial charge < -0.3 is 5.32 Å². The van der Waals surface area contributed by atoms with Crippen molar-refractivity contribution in [1.82, 2.24) is 4.98 Å². The lowest BCUT2D eigenvalue weighted by Gasteiger charge is -2.07. The van der Waals surface area contributed by atoms with Gasteiger partial charge >= 0.3 is 0 Å². The molecule has 0 unspecified atom stereocenters. The SMILES string of the molecule is O=[N+]([O-])c1ccnc(Nc2cc(F)ccc2Cl)c1.